The second-order valence-electron chi connectivity index (χ2n) is 5.43. The van der Waals surface area contributed by atoms with E-state index < -0.39 is 0 Å². The highest BCUT2D eigenvalue weighted by Crippen LogP contribution is 2.16. The zero-order valence-corrected chi connectivity index (χ0v) is 15.0. The maximum absolute atomic E-state index is 12.0. The first kappa shape index (κ1) is 17.1. The second-order valence-corrected chi connectivity index (χ2v) is 6.34. The molecule has 0 aliphatic carbocycles. The zero-order chi connectivity index (χ0) is 17.6. The summed E-state index contributed by atoms with van der Waals surface area (Å²) in [4.78, 5) is 25.3. The molecule has 6 heteroatoms. The van der Waals surface area contributed by atoms with Gasteiger partial charge in [-0.15, -0.1) is 0 Å². The van der Waals surface area contributed by atoms with Gasteiger partial charge in [0.1, 0.15) is 0 Å². The molecule has 0 unspecified atom stereocenters. The fraction of sp³-hybridized carbons (Fsp3) is 0.158. The molecule has 1 heterocycles. The molecule has 0 spiro atoms. The Bertz CT molecular complexity index is 853. The summed E-state index contributed by atoms with van der Waals surface area (Å²) in [6, 6.07) is 14.6. The molecule has 0 bridgehead atoms. The van der Waals surface area contributed by atoms with Crippen LogP contribution in [0.3, 0.4) is 0 Å². The van der Waals surface area contributed by atoms with E-state index in [9.17, 15) is 9.59 Å². The van der Waals surface area contributed by atoms with Gasteiger partial charge in [-0.25, -0.2) is 4.79 Å². The van der Waals surface area contributed by atoms with Crippen LogP contribution in [0.2, 0.25) is 0 Å². The molecule has 5 nitrogen and oxygen atoms in total. The molecular formula is C19H16BrN3O2. The van der Waals surface area contributed by atoms with Crippen LogP contribution in [-0.2, 0) is 0 Å². The molecule has 1 aliphatic rings. The summed E-state index contributed by atoms with van der Waals surface area (Å²) >= 11 is 3.34. The van der Waals surface area contributed by atoms with Crippen LogP contribution in [0.5, 0.6) is 0 Å². The first-order valence-corrected chi connectivity index (χ1v) is 8.61. The summed E-state index contributed by atoms with van der Waals surface area (Å²) in [7, 11) is 0. The minimum absolute atomic E-state index is 0.0749. The van der Waals surface area contributed by atoms with Gasteiger partial charge in [0.15, 0.2) is 0 Å². The van der Waals surface area contributed by atoms with Crippen LogP contribution < -0.4 is 15.5 Å². The number of benzene rings is 2. The minimum Gasteiger partial charge on any atom is -0.341 e. The van der Waals surface area contributed by atoms with Crippen LogP contribution in [0, 0.1) is 11.8 Å². The highest BCUT2D eigenvalue weighted by Gasteiger charge is 2.20. The fourth-order valence-corrected chi connectivity index (χ4v) is 2.84. The Morgan fingerprint density at radius 2 is 2.04 bits per heavy atom. The van der Waals surface area contributed by atoms with Crippen molar-refractivity contribution in [1.29, 1.82) is 0 Å². The molecular weight excluding hydrogens is 382 g/mol. The van der Waals surface area contributed by atoms with Crippen LogP contribution in [0.4, 0.5) is 10.5 Å². The van der Waals surface area contributed by atoms with Gasteiger partial charge >= 0.3 is 6.03 Å². The normalized spacial score (nSPS) is 13.0. The summed E-state index contributed by atoms with van der Waals surface area (Å²) in [6.45, 7) is 1.60. The molecule has 3 rings (SSSR count). The number of carbonyl (C=O) groups is 2. The summed E-state index contributed by atoms with van der Waals surface area (Å²) in [5, 5.41) is 5.53. The second kappa shape index (κ2) is 7.86. The SMILES string of the molecule is O=C(NCC#Cc1ccc(N2CCNC2=O)cc1)c1cccc(Br)c1. The lowest BCUT2D eigenvalue weighted by atomic mass is 10.2. The molecule has 2 N–H and O–H groups in total. The molecule has 0 atom stereocenters. The highest BCUT2D eigenvalue weighted by atomic mass is 79.9. The summed E-state index contributed by atoms with van der Waals surface area (Å²) in [5.41, 5.74) is 2.27. The van der Waals surface area contributed by atoms with Crippen LogP contribution in [-0.4, -0.2) is 31.6 Å². The van der Waals surface area contributed by atoms with E-state index in [1.807, 2.05) is 36.4 Å². The Hall–Kier alpha value is -2.78. The van der Waals surface area contributed by atoms with Crippen molar-refractivity contribution in [3.63, 3.8) is 0 Å². The molecule has 0 radical (unpaired) electrons. The van der Waals surface area contributed by atoms with Gasteiger partial charge < -0.3 is 10.6 Å². The van der Waals surface area contributed by atoms with E-state index >= 15 is 0 Å². The van der Waals surface area contributed by atoms with Crippen molar-refractivity contribution in [2.45, 2.75) is 0 Å². The lowest BCUT2D eigenvalue weighted by Gasteiger charge is -2.13. The molecule has 1 saturated heterocycles. The lowest BCUT2D eigenvalue weighted by molar-refractivity contribution is 0.0958. The first-order valence-electron chi connectivity index (χ1n) is 7.81. The van der Waals surface area contributed by atoms with E-state index in [-0.39, 0.29) is 18.5 Å². The first-order chi connectivity index (χ1) is 12.1. The average molecular weight is 398 g/mol. The van der Waals surface area contributed by atoms with Crippen LogP contribution in [0.25, 0.3) is 0 Å². The highest BCUT2D eigenvalue weighted by molar-refractivity contribution is 9.10. The molecule has 25 heavy (non-hydrogen) atoms. The van der Waals surface area contributed by atoms with Crippen molar-refractivity contribution in [3.05, 3.63) is 64.1 Å². The van der Waals surface area contributed by atoms with Gasteiger partial charge in [0.05, 0.1) is 6.54 Å². The van der Waals surface area contributed by atoms with Crippen molar-refractivity contribution >= 4 is 33.6 Å². The van der Waals surface area contributed by atoms with E-state index in [0.29, 0.717) is 18.7 Å². The van der Waals surface area contributed by atoms with Crippen LogP contribution in [0.15, 0.2) is 53.0 Å². The molecule has 3 amide bonds. The van der Waals surface area contributed by atoms with E-state index in [2.05, 4.69) is 38.4 Å². The number of carbonyl (C=O) groups excluding carboxylic acids is 2. The standard InChI is InChI=1S/C19H16BrN3O2/c20-16-5-1-4-15(13-16)18(24)21-10-2-3-14-6-8-17(9-7-14)23-12-11-22-19(23)25/h1,4-9,13H,10-12H2,(H,21,24)(H,22,25). The van der Waals surface area contributed by atoms with Crippen molar-refractivity contribution in [1.82, 2.24) is 10.6 Å². The van der Waals surface area contributed by atoms with E-state index in [4.69, 9.17) is 0 Å². The quantitative estimate of drug-likeness (QED) is 0.782. The maximum atomic E-state index is 12.0. The Balaban J connectivity index is 1.55. The molecule has 2 aromatic rings. The largest absolute Gasteiger partial charge is 0.341 e. The van der Waals surface area contributed by atoms with Crippen LogP contribution in [0.1, 0.15) is 15.9 Å². The van der Waals surface area contributed by atoms with Gasteiger partial charge in [0, 0.05) is 34.4 Å². The smallest absolute Gasteiger partial charge is 0.321 e. The Morgan fingerprint density at radius 3 is 2.72 bits per heavy atom. The lowest BCUT2D eigenvalue weighted by Crippen LogP contribution is -2.27. The Morgan fingerprint density at radius 1 is 1.24 bits per heavy atom. The van der Waals surface area contributed by atoms with E-state index in [1.165, 1.54) is 0 Å². The van der Waals surface area contributed by atoms with Crippen LogP contribution >= 0.6 is 15.9 Å². The molecule has 0 saturated carbocycles. The minimum atomic E-state index is -0.161. The van der Waals surface area contributed by atoms with E-state index in [1.54, 1.807) is 17.0 Å². The summed E-state index contributed by atoms with van der Waals surface area (Å²) in [6.07, 6.45) is 0. The third kappa shape index (κ3) is 4.40. The molecule has 1 aliphatic heterocycles. The third-order valence-electron chi connectivity index (χ3n) is 3.69. The van der Waals surface area contributed by atoms with Gasteiger partial charge in [-0.1, -0.05) is 33.8 Å². The van der Waals surface area contributed by atoms with Gasteiger partial charge in [-0.2, -0.15) is 0 Å². The number of urea groups is 1. The van der Waals surface area contributed by atoms with Crippen molar-refractivity contribution in [2.24, 2.45) is 0 Å². The maximum Gasteiger partial charge on any atom is 0.321 e. The number of halogens is 1. The number of nitrogens with one attached hydrogen (secondary N) is 2. The number of hydrogen-bond acceptors (Lipinski definition) is 2. The Kier molecular flexibility index (Phi) is 5.36. The molecule has 1 fully saturated rings. The monoisotopic (exact) mass is 397 g/mol. The van der Waals surface area contributed by atoms with E-state index in [0.717, 1.165) is 15.7 Å². The predicted octanol–water partition coefficient (Wildman–Crippen LogP) is 2.76. The molecule has 2 aromatic carbocycles. The van der Waals surface area contributed by atoms with Gasteiger partial charge in [-0.05, 0) is 42.5 Å². The van der Waals surface area contributed by atoms with Gasteiger partial charge in [0.25, 0.3) is 5.91 Å². The van der Waals surface area contributed by atoms with Gasteiger partial charge in [-0.3, -0.25) is 9.69 Å². The average Bonchev–Trinajstić information content (AvgIpc) is 3.05. The summed E-state index contributed by atoms with van der Waals surface area (Å²) in [5.74, 6) is 5.77. The number of rotatable bonds is 3. The molecule has 0 aromatic heterocycles. The summed E-state index contributed by atoms with van der Waals surface area (Å²) < 4.78 is 0.859. The van der Waals surface area contributed by atoms with Gasteiger partial charge in [0.2, 0.25) is 0 Å². The Labute approximate surface area is 154 Å². The van der Waals surface area contributed by atoms with Crippen molar-refractivity contribution in [3.8, 4) is 11.8 Å². The molecule has 126 valence electrons. The zero-order valence-electron chi connectivity index (χ0n) is 13.4. The van der Waals surface area contributed by atoms with Crippen molar-refractivity contribution in [2.75, 3.05) is 24.5 Å². The number of hydrogen-bond donors (Lipinski definition) is 2. The topological polar surface area (TPSA) is 61.4 Å². The third-order valence-corrected chi connectivity index (χ3v) is 4.19. The number of amides is 3. The number of anilines is 1. The number of nitrogens with zero attached hydrogens (tertiary/aromatic N) is 1. The predicted molar refractivity (Wildman–Crippen MR) is 101 cm³/mol. The fourth-order valence-electron chi connectivity index (χ4n) is 2.45. The van der Waals surface area contributed by atoms with Crippen molar-refractivity contribution < 1.29 is 9.59 Å².